The van der Waals surface area contributed by atoms with E-state index in [-0.39, 0.29) is 11.8 Å². The van der Waals surface area contributed by atoms with Crippen LogP contribution in [-0.4, -0.2) is 50.0 Å². The summed E-state index contributed by atoms with van der Waals surface area (Å²) >= 11 is 0. The third-order valence-electron chi connectivity index (χ3n) is 2.97. The highest BCUT2D eigenvalue weighted by Gasteiger charge is 2.30. The van der Waals surface area contributed by atoms with Crippen molar-refractivity contribution in [2.45, 2.75) is 25.4 Å². The van der Waals surface area contributed by atoms with Crippen LogP contribution in [0.2, 0.25) is 0 Å². The van der Waals surface area contributed by atoms with Gasteiger partial charge in [-0.2, -0.15) is 0 Å². The van der Waals surface area contributed by atoms with Crippen LogP contribution < -0.4 is 10.6 Å². The number of nitrogens with one attached hydrogen (secondary N) is 2. The average Bonchev–Trinajstić information content (AvgIpc) is 2.27. The van der Waals surface area contributed by atoms with Gasteiger partial charge in [0.25, 0.3) is 0 Å². The van der Waals surface area contributed by atoms with E-state index in [1.165, 1.54) is 0 Å². The zero-order chi connectivity index (χ0) is 12.0. The quantitative estimate of drug-likeness (QED) is 0.595. The van der Waals surface area contributed by atoms with E-state index in [2.05, 4.69) is 10.6 Å². The summed E-state index contributed by atoms with van der Waals surface area (Å²) in [5.74, 6) is -0.0947. The lowest BCUT2D eigenvalue weighted by Crippen LogP contribution is -2.48. The number of hydrogen-bond donors (Lipinski definition) is 3. The molecule has 94 valence electrons. The maximum atomic E-state index is 11.6. The molecule has 1 atom stereocenters. The van der Waals surface area contributed by atoms with Gasteiger partial charge in [-0.05, 0) is 7.05 Å². The fraction of sp³-hybridized carbons (Fsp3) is 0.909. The summed E-state index contributed by atoms with van der Waals surface area (Å²) in [5, 5.41) is 15.9. The highest BCUT2D eigenvalue weighted by atomic mass is 16.5. The number of carbonyl (C=O) groups excluding carboxylic acids is 1. The van der Waals surface area contributed by atoms with Gasteiger partial charge in [0.2, 0.25) is 5.91 Å². The first-order valence-corrected chi connectivity index (χ1v) is 5.80. The Hall–Kier alpha value is -0.650. The van der Waals surface area contributed by atoms with Crippen LogP contribution in [-0.2, 0) is 9.53 Å². The lowest BCUT2D eigenvalue weighted by molar-refractivity contribution is -0.127. The van der Waals surface area contributed by atoms with Gasteiger partial charge in [-0.15, -0.1) is 0 Å². The number of rotatable bonds is 5. The molecule has 0 spiro atoms. The predicted molar refractivity (Wildman–Crippen MR) is 61.1 cm³/mol. The molecule has 1 unspecified atom stereocenters. The Kier molecular flexibility index (Phi) is 5.18. The Labute approximate surface area is 96.6 Å². The predicted octanol–water partition coefficient (Wildman–Crippen LogP) is -0.500. The summed E-state index contributed by atoms with van der Waals surface area (Å²) in [6, 6.07) is 0. The van der Waals surface area contributed by atoms with E-state index in [4.69, 9.17) is 4.74 Å². The maximum absolute atomic E-state index is 11.6. The fourth-order valence-corrected chi connectivity index (χ4v) is 1.75. The van der Waals surface area contributed by atoms with E-state index in [0.717, 1.165) is 0 Å². The zero-order valence-corrected chi connectivity index (χ0v) is 10.1. The first-order valence-electron chi connectivity index (χ1n) is 5.80. The molecule has 1 aliphatic rings. The van der Waals surface area contributed by atoms with Crippen molar-refractivity contribution in [2.75, 3.05) is 33.4 Å². The van der Waals surface area contributed by atoms with Gasteiger partial charge in [-0.1, -0.05) is 6.92 Å². The molecule has 0 saturated carbocycles. The van der Waals surface area contributed by atoms with Crippen LogP contribution >= 0.6 is 0 Å². The van der Waals surface area contributed by atoms with E-state index in [9.17, 15) is 9.90 Å². The first kappa shape index (κ1) is 13.4. The molecule has 1 fully saturated rings. The van der Waals surface area contributed by atoms with Crippen molar-refractivity contribution in [2.24, 2.45) is 5.92 Å². The molecule has 0 radical (unpaired) electrons. The third kappa shape index (κ3) is 4.08. The summed E-state index contributed by atoms with van der Waals surface area (Å²) in [5.41, 5.74) is -0.784. The van der Waals surface area contributed by atoms with E-state index >= 15 is 0 Å². The van der Waals surface area contributed by atoms with Crippen LogP contribution in [0.1, 0.15) is 19.8 Å². The fourth-order valence-electron chi connectivity index (χ4n) is 1.75. The molecule has 0 aliphatic carbocycles. The molecule has 16 heavy (non-hydrogen) atoms. The SMILES string of the molecule is CNCC(C)C(=O)NCC1(O)CCOCC1. The minimum atomic E-state index is -0.784. The Morgan fingerprint density at radius 1 is 1.50 bits per heavy atom. The van der Waals surface area contributed by atoms with Gasteiger partial charge in [0.1, 0.15) is 0 Å². The maximum Gasteiger partial charge on any atom is 0.224 e. The second-order valence-corrected chi connectivity index (χ2v) is 4.51. The molecule has 1 heterocycles. The number of amides is 1. The molecule has 3 N–H and O–H groups in total. The van der Waals surface area contributed by atoms with Crippen LogP contribution in [0.3, 0.4) is 0 Å². The van der Waals surface area contributed by atoms with Gasteiger partial charge in [0.15, 0.2) is 0 Å². The summed E-state index contributed by atoms with van der Waals surface area (Å²) in [6.07, 6.45) is 1.18. The van der Waals surface area contributed by atoms with E-state index < -0.39 is 5.60 Å². The lowest BCUT2D eigenvalue weighted by atomic mass is 9.94. The largest absolute Gasteiger partial charge is 0.388 e. The van der Waals surface area contributed by atoms with Crippen molar-refractivity contribution in [1.29, 1.82) is 0 Å². The van der Waals surface area contributed by atoms with Crippen LogP contribution in [0.4, 0.5) is 0 Å². The highest BCUT2D eigenvalue weighted by molar-refractivity contribution is 5.78. The number of hydrogen-bond acceptors (Lipinski definition) is 4. The summed E-state index contributed by atoms with van der Waals surface area (Å²) in [4.78, 5) is 11.6. The Balaban J connectivity index is 2.29. The second kappa shape index (κ2) is 6.18. The highest BCUT2D eigenvalue weighted by Crippen LogP contribution is 2.19. The topological polar surface area (TPSA) is 70.6 Å². The van der Waals surface area contributed by atoms with Crippen LogP contribution in [0.25, 0.3) is 0 Å². The molecule has 0 aromatic rings. The summed E-state index contributed by atoms with van der Waals surface area (Å²) in [7, 11) is 1.82. The van der Waals surface area contributed by atoms with Gasteiger partial charge in [0, 0.05) is 45.1 Å². The van der Waals surface area contributed by atoms with Crippen molar-refractivity contribution in [3.8, 4) is 0 Å². The number of carbonyl (C=O) groups is 1. The van der Waals surface area contributed by atoms with Gasteiger partial charge in [-0.3, -0.25) is 4.79 Å². The summed E-state index contributed by atoms with van der Waals surface area (Å²) < 4.78 is 5.18. The second-order valence-electron chi connectivity index (χ2n) is 4.51. The molecule has 0 aromatic carbocycles. The van der Waals surface area contributed by atoms with E-state index in [0.29, 0.717) is 39.1 Å². The monoisotopic (exact) mass is 230 g/mol. The molecule has 0 aromatic heterocycles. The lowest BCUT2D eigenvalue weighted by Gasteiger charge is -2.32. The molecule has 5 nitrogen and oxygen atoms in total. The Bertz CT molecular complexity index is 227. The zero-order valence-electron chi connectivity index (χ0n) is 10.1. The molecular formula is C11H22N2O3. The number of aliphatic hydroxyl groups is 1. The Morgan fingerprint density at radius 2 is 2.12 bits per heavy atom. The van der Waals surface area contributed by atoms with Crippen LogP contribution in [0.5, 0.6) is 0 Å². The van der Waals surface area contributed by atoms with E-state index in [1.807, 2.05) is 14.0 Å². The normalized spacial score (nSPS) is 21.4. The standard InChI is InChI=1S/C11H22N2O3/c1-9(7-12-2)10(14)13-8-11(15)3-5-16-6-4-11/h9,12,15H,3-8H2,1-2H3,(H,13,14). The Morgan fingerprint density at radius 3 is 2.69 bits per heavy atom. The van der Waals surface area contributed by atoms with Crippen LogP contribution in [0, 0.1) is 5.92 Å². The molecule has 1 saturated heterocycles. The molecule has 1 amide bonds. The smallest absolute Gasteiger partial charge is 0.224 e. The third-order valence-corrected chi connectivity index (χ3v) is 2.97. The van der Waals surface area contributed by atoms with Crippen molar-refractivity contribution in [3.63, 3.8) is 0 Å². The molecule has 1 rings (SSSR count). The van der Waals surface area contributed by atoms with E-state index in [1.54, 1.807) is 0 Å². The van der Waals surface area contributed by atoms with Crippen molar-refractivity contribution >= 4 is 5.91 Å². The van der Waals surface area contributed by atoms with Gasteiger partial charge < -0.3 is 20.5 Å². The van der Waals surface area contributed by atoms with Crippen molar-refractivity contribution in [1.82, 2.24) is 10.6 Å². The molecule has 0 bridgehead atoms. The molecule has 1 aliphatic heterocycles. The van der Waals surface area contributed by atoms with Gasteiger partial charge in [0.05, 0.1) is 5.60 Å². The number of ether oxygens (including phenoxy) is 1. The summed E-state index contributed by atoms with van der Waals surface area (Å²) in [6.45, 7) is 3.97. The molecule has 5 heteroatoms. The molecular weight excluding hydrogens is 208 g/mol. The van der Waals surface area contributed by atoms with Crippen LogP contribution in [0.15, 0.2) is 0 Å². The van der Waals surface area contributed by atoms with Crippen molar-refractivity contribution < 1.29 is 14.6 Å². The van der Waals surface area contributed by atoms with Crippen molar-refractivity contribution in [3.05, 3.63) is 0 Å². The van der Waals surface area contributed by atoms with Gasteiger partial charge in [-0.25, -0.2) is 0 Å². The minimum absolute atomic E-state index is 0.0192. The minimum Gasteiger partial charge on any atom is -0.388 e. The average molecular weight is 230 g/mol. The first-order chi connectivity index (χ1) is 7.57. The van der Waals surface area contributed by atoms with Gasteiger partial charge >= 0.3 is 0 Å².